The third-order valence-corrected chi connectivity index (χ3v) is 7.62. The second kappa shape index (κ2) is 6.89. The fourth-order valence-electron chi connectivity index (χ4n) is 6.69. The van der Waals surface area contributed by atoms with Crippen LogP contribution < -0.4 is 5.32 Å². The maximum atomic E-state index is 13.5. The summed E-state index contributed by atoms with van der Waals surface area (Å²) in [5.74, 6) is 0.966. The summed E-state index contributed by atoms with van der Waals surface area (Å²) in [6.07, 6.45) is 6.50. The maximum Gasteiger partial charge on any atom is 0.328 e. The van der Waals surface area contributed by atoms with E-state index in [4.69, 9.17) is 4.74 Å². The van der Waals surface area contributed by atoms with Crippen molar-refractivity contribution in [2.24, 2.45) is 23.2 Å². The maximum absolute atomic E-state index is 13.5. The molecule has 4 aliphatic carbocycles. The molecule has 0 aliphatic heterocycles. The summed E-state index contributed by atoms with van der Waals surface area (Å²) in [5.41, 5.74) is 2.46. The van der Waals surface area contributed by atoms with Crippen LogP contribution in [0.15, 0.2) is 24.3 Å². The molecular weight excluding hydrogens is 350 g/mol. The lowest BCUT2D eigenvalue weighted by atomic mass is 9.42. The largest absolute Gasteiger partial charge is 0.467 e. The fraction of sp³-hybridized carbons (Fsp3) is 0.667. The molecule has 5 rings (SSSR count). The summed E-state index contributed by atoms with van der Waals surface area (Å²) in [5, 5.41) is 3.09. The van der Waals surface area contributed by atoms with E-state index < -0.39 is 6.04 Å². The molecule has 4 nitrogen and oxygen atoms in total. The molecule has 4 fully saturated rings. The molecule has 4 aliphatic rings. The van der Waals surface area contributed by atoms with Crippen LogP contribution in [0.2, 0.25) is 0 Å². The van der Waals surface area contributed by atoms with Crippen molar-refractivity contribution >= 4 is 11.9 Å². The van der Waals surface area contributed by atoms with E-state index in [0.29, 0.717) is 11.8 Å². The predicted octanol–water partition coefficient (Wildman–Crippen LogP) is 4.15. The number of hydrogen-bond acceptors (Lipinski definition) is 3. The highest BCUT2D eigenvalue weighted by atomic mass is 16.5. The van der Waals surface area contributed by atoms with Gasteiger partial charge in [0, 0.05) is 0 Å². The van der Waals surface area contributed by atoms with Gasteiger partial charge < -0.3 is 10.1 Å². The molecule has 1 amide bonds. The summed E-state index contributed by atoms with van der Waals surface area (Å²) in [4.78, 5) is 25.7. The van der Waals surface area contributed by atoms with Crippen LogP contribution >= 0.6 is 0 Å². The highest BCUT2D eigenvalue weighted by Crippen LogP contribution is 2.65. The summed E-state index contributed by atoms with van der Waals surface area (Å²) >= 11 is 0. The van der Waals surface area contributed by atoms with Crippen LogP contribution in [-0.2, 0) is 19.7 Å². The molecule has 1 aromatic carbocycles. The van der Waals surface area contributed by atoms with Gasteiger partial charge in [0.1, 0.15) is 6.04 Å². The molecule has 4 saturated carbocycles. The van der Waals surface area contributed by atoms with Crippen molar-refractivity contribution in [3.63, 3.8) is 0 Å². The summed E-state index contributed by atoms with van der Waals surface area (Å²) in [7, 11) is 1.39. The van der Waals surface area contributed by atoms with E-state index in [9.17, 15) is 9.59 Å². The monoisotopic (exact) mass is 383 g/mol. The number of benzene rings is 1. The molecule has 28 heavy (non-hydrogen) atoms. The minimum atomic E-state index is -0.569. The summed E-state index contributed by atoms with van der Waals surface area (Å²) < 4.78 is 4.94. The minimum absolute atomic E-state index is 0.0105. The highest BCUT2D eigenvalue weighted by molar-refractivity contribution is 5.88. The van der Waals surface area contributed by atoms with Crippen LogP contribution in [0.4, 0.5) is 0 Å². The van der Waals surface area contributed by atoms with Crippen LogP contribution in [0.5, 0.6) is 0 Å². The second-order valence-corrected chi connectivity index (χ2v) is 10.1. The van der Waals surface area contributed by atoms with Gasteiger partial charge in [0.25, 0.3) is 0 Å². The third-order valence-electron chi connectivity index (χ3n) is 7.62. The second-order valence-electron chi connectivity index (χ2n) is 10.1. The molecule has 0 aromatic heterocycles. The Morgan fingerprint density at radius 1 is 1.07 bits per heavy atom. The Hall–Kier alpha value is -1.84. The number of ether oxygens (including phenoxy) is 1. The first-order chi connectivity index (χ1) is 13.3. The van der Waals surface area contributed by atoms with Gasteiger partial charge in [0.2, 0.25) is 5.91 Å². The molecule has 0 radical (unpaired) electrons. The summed E-state index contributed by atoms with van der Waals surface area (Å²) in [6.45, 7) is 6.03. The molecule has 1 N–H and O–H groups in total. The molecule has 0 spiro atoms. The Kier molecular flexibility index (Phi) is 4.79. The SMILES string of the molecule is COC(=O)[C@@H](NC(=O)C12C[C@H]3C[C@@H](C1)CC(c1ccc(C)cc1)(C3)C2)C(C)C. The van der Waals surface area contributed by atoms with Crippen molar-refractivity contribution in [3.8, 4) is 0 Å². The number of carbonyl (C=O) groups is 2. The summed E-state index contributed by atoms with van der Waals surface area (Å²) in [6, 6.07) is 8.39. The van der Waals surface area contributed by atoms with E-state index in [0.717, 1.165) is 19.3 Å². The van der Waals surface area contributed by atoms with Crippen molar-refractivity contribution in [1.29, 1.82) is 0 Å². The quantitative estimate of drug-likeness (QED) is 0.777. The zero-order valence-electron chi connectivity index (χ0n) is 17.6. The van der Waals surface area contributed by atoms with Crippen molar-refractivity contribution < 1.29 is 14.3 Å². The number of methoxy groups -OCH3 is 1. The van der Waals surface area contributed by atoms with Gasteiger partial charge in [-0.1, -0.05) is 43.7 Å². The van der Waals surface area contributed by atoms with Gasteiger partial charge in [-0.15, -0.1) is 0 Å². The van der Waals surface area contributed by atoms with Gasteiger partial charge >= 0.3 is 5.97 Å². The lowest BCUT2D eigenvalue weighted by molar-refractivity contribution is -0.155. The number of esters is 1. The molecule has 4 heteroatoms. The highest BCUT2D eigenvalue weighted by Gasteiger charge is 2.61. The average Bonchev–Trinajstić information content (AvgIpc) is 2.64. The van der Waals surface area contributed by atoms with Gasteiger partial charge in [-0.05, 0) is 74.2 Å². The van der Waals surface area contributed by atoms with Crippen molar-refractivity contribution in [2.45, 2.75) is 70.8 Å². The van der Waals surface area contributed by atoms with Gasteiger partial charge in [0.05, 0.1) is 12.5 Å². The smallest absolute Gasteiger partial charge is 0.328 e. The molecular formula is C24H33NO3. The van der Waals surface area contributed by atoms with E-state index in [-0.39, 0.29) is 28.6 Å². The van der Waals surface area contributed by atoms with Crippen molar-refractivity contribution in [2.75, 3.05) is 7.11 Å². The van der Waals surface area contributed by atoms with E-state index in [2.05, 4.69) is 36.5 Å². The molecule has 152 valence electrons. The first-order valence-corrected chi connectivity index (χ1v) is 10.7. The topological polar surface area (TPSA) is 55.4 Å². The lowest BCUT2D eigenvalue weighted by Gasteiger charge is -2.61. The molecule has 1 aromatic rings. The number of amides is 1. The molecule has 0 heterocycles. The van der Waals surface area contributed by atoms with Crippen LogP contribution in [0.3, 0.4) is 0 Å². The Morgan fingerprint density at radius 2 is 1.68 bits per heavy atom. The number of carbonyl (C=O) groups excluding carboxylic acids is 2. The van der Waals surface area contributed by atoms with Gasteiger partial charge in [0.15, 0.2) is 0 Å². The lowest BCUT2D eigenvalue weighted by Crippen LogP contribution is -2.61. The van der Waals surface area contributed by atoms with E-state index >= 15 is 0 Å². The van der Waals surface area contributed by atoms with Crippen molar-refractivity contribution in [1.82, 2.24) is 5.32 Å². The Bertz CT molecular complexity index is 753. The average molecular weight is 384 g/mol. The van der Waals surface area contributed by atoms with Crippen LogP contribution in [0.25, 0.3) is 0 Å². The Morgan fingerprint density at radius 3 is 2.21 bits per heavy atom. The third kappa shape index (κ3) is 3.15. The number of hydrogen-bond donors (Lipinski definition) is 1. The predicted molar refractivity (Wildman–Crippen MR) is 109 cm³/mol. The molecule has 4 bridgehead atoms. The van der Waals surface area contributed by atoms with E-state index in [1.807, 2.05) is 13.8 Å². The number of aryl methyl sites for hydroxylation is 1. The zero-order valence-corrected chi connectivity index (χ0v) is 17.6. The molecule has 5 atom stereocenters. The van der Waals surface area contributed by atoms with E-state index in [1.54, 1.807) is 0 Å². The Balaban J connectivity index is 1.63. The number of rotatable bonds is 5. The molecule has 0 saturated heterocycles. The van der Waals surface area contributed by atoms with Crippen LogP contribution in [-0.4, -0.2) is 25.0 Å². The minimum Gasteiger partial charge on any atom is -0.467 e. The van der Waals surface area contributed by atoms with Crippen LogP contribution in [0.1, 0.15) is 63.5 Å². The van der Waals surface area contributed by atoms with E-state index in [1.165, 1.54) is 37.5 Å². The fourth-order valence-corrected chi connectivity index (χ4v) is 6.69. The number of nitrogens with one attached hydrogen (secondary N) is 1. The first-order valence-electron chi connectivity index (χ1n) is 10.7. The van der Waals surface area contributed by atoms with Gasteiger partial charge in [-0.3, -0.25) is 4.79 Å². The normalized spacial score (nSPS) is 34.3. The zero-order chi connectivity index (χ0) is 20.1. The molecule has 2 unspecified atom stereocenters. The van der Waals surface area contributed by atoms with Crippen LogP contribution in [0, 0.1) is 30.1 Å². The first kappa shape index (κ1) is 19.5. The Labute approximate surface area is 168 Å². The van der Waals surface area contributed by atoms with Crippen molar-refractivity contribution in [3.05, 3.63) is 35.4 Å². The van der Waals surface area contributed by atoms with Gasteiger partial charge in [-0.25, -0.2) is 4.79 Å². The van der Waals surface area contributed by atoms with Gasteiger partial charge in [-0.2, -0.15) is 0 Å². The standard InChI is InChI=1S/C24H33NO3/c1-15(2)20(21(26)28-4)25-22(27)24-12-17-9-18(13-24)11-23(10-17,14-24)19-7-5-16(3)6-8-19/h5-8,15,17-18,20H,9-14H2,1-4H3,(H,25,27)/t17-,18+,20-,23?,24?/m0/s1.